The number of aromatic nitrogens is 2. The summed E-state index contributed by atoms with van der Waals surface area (Å²) in [5.41, 5.74) is 16.2. The summed E-state index contributed by atoms with van der Waals surface area (Å²) in [5, 5.41) is 8.98. The fourth-order valence-electron chi connectivity index (χ4n) is 10.8. The summed E-state index contributed by atoms with van der Waals surface area (Å²) in [6.07, 6.45) is 2.23. The second kappa shape index (κ2) is 11.7. The molecule has 58 heavy (non-hydrogen) atoms. The van der Waals surface area contributed by atoms with E-state index in [1.807, 2.05) is 0 Å². The van der Waals surface area contributed by atoms with E-state index in [9.17, 15) is 0 Å². The maximum atomic E-state index is 2.56. The highest BCUT2D eigenvalue weighted by molar-refractivity contribution is 6.24. The predicted octanol–water partition coefficient (Wildman–Crippen LogP) is 13.4. The third-order valence-corrected chi connectivity index (χ3v) is 13.0. The molecule has 2 aliphatic carbocycles. The maximum Gasteiger partial charge on any atom is 0.236 e. The molecule has 0 saturated heterocycles. The first-order valence-electron chi connectivity index (χ1n) is 20.2. The first-order valence-corrected chi connectivity index (χ1v) is 20.2. The molecule has 0 amide bonds. The predicted molar refractivity (Wildman–Crippen MR) is 239 cm³/mol. The van der Waals surface area contributed by atoms with Gasteiger partial charge in [0.25, 0.3) is 0 Å². The molecular formula is C56H35N2+. The number of fused-ring (bicyclic) bond motifs is 18. The molecule has 0 aliphatic heterocycles. The van der Waals surface area contributed by atoms with Crippen molar-refractivity contribution in [2.24, 2.45) is 0 Å². The number of rotatable bonds is 3. The number of nitrogens with zero attached hydrogens (tertiary/aromatic N) is 2. The van der Waals surface area contributed by atoms with Gasteiger partial charge in [-0.05, 0) is 118 Å². The van der Waals surface area contributed by atoms with E-state index in [1.54, 1.807) is 0 Å². The smallest absolute Gasteiger partial charge is 0.115 e. The Bertz CT molecular complexity index is 3450. The van der Waals surface area contributed by atoms with Crippen molar-refractivity contribution in [2.75, 3.05) is 0 Å². The van der Waals surface area contributed by atoms with Gasteiger partial charge in [0.2, 0.25) is 11.9 Å². The summed E-state index contributed by atoms with van der Waals surface area (Å²) < 4.78 is 4.58. The highest BCUT2D eigenvalue weighted by atomic mass is 15.4. The molecule has 0 bridgehead atoms. The molecule has 0 radical (unpaired) electrons. The van der Waals surface area contributed by atoms with Gasteiger partial charge in [0.1, 0.15) is 11.2 Å². The van der Waals surface area contributed by atoms with E-state index < -0.39 is 5.41 Å². The normalized spacial score (nSPS) is 13.3. The van der Waals surface area contributed by atoms with Gasteiger partial charge in [-0.15, -0.1) is 4.68 Å². The molecular weight excluding hydrogens is 701 g/mol. The second-order valence-electron chi connectivity index (χ2n) is 15.8. The third-order valence-electron chi connectivity index (χ3n) is 13.0. The van der Waals surface area contributed by atoms with Gasteiger partial charge in [-0.1, -0.05) is 168 Å². The third kappa shape index (κ3) is 4.03. The van der Waals surface area contributed by atoms with Crippen LogP contribution in [0.1, 0.15) is 22.3 Å². The van der Waals surface area contributed by atoms with Crippen LogP contribution in [0.25, 0.3) is 88.0 Å². The van der Waals surface area contributed by atoms with Crippen molar-refractivity contribution in [1.82, 2.24) is 4.68 Å². The van der Waals surface area contributed by atoms with E-state index in [-0.39, 0.29) is 0 Å². The van der Waals surface area contributed by atoms with Gasteiger partial charge in [0.15, 0.2) is 0 Å². The number of benzene rings is 10. The molecule has 2 heteroatoms. The lowest BCUT2D eigenvalue weighted by atomic mass is 9.68. The molecule has 11 aromatic rings. The lowest BCUT2D eigenvalue weighted by Gasteiger charge is -2.32. The molecule has 1 heterocycles. The lowest BCUT2D eigenvalue weighted by Crippen LogP contribution is -2.39. The Kier molecular flexibility index (Phi) is 6.40. The lowest BCUT2D eigenvalue weighted by molar-refractivity contribution is -0.672. The van der Waals surface area contributed by atoms with Crippen LogP contribution in [0.2, 0.25) is 0 Å². The molecule has 1 spiro atoms. The van der Waals surface area contributed by atoms with Crippen LogP contribution in [-0.2, 0) is 5.41 Å². The molecule has 0 unspecified atom stereocenters. The minimum Gasteiger partial charge on any atom is -0.115 e. The van der Waals surface area contributed by atoms with Gasteiger partial charge >= 0.3 is 0 Å². The van der Waals surface area contributed by atoms with Gasteiger partial charge in [0.05, 0.1) is 10.8 Å². The highest BCUT2D eigenvalue weighted by Crippen LogP contribution is 2.66. The van der Waals surface area contributed by atoms with Gasteiger partial charge in [0, 0.05) is 12.1 Å². The summed E-state index contributed by atoms with van der Waals surface area (Å²) in [6.45, 7) is 0. The van der Waals surface area contributed by atoms with Crippen LogP contribution < -0.4 is 4.68 Å². The Hall–Kier alpha value is -7.55. The summed E-state index contributed by atoms with van der Waals surface area (Å²) in [6, 6.07) is 76.6. The van der Waals surface area contributed by atoms with E-state index in [4.69, 9.17) is 0 Å². The van der Waals surface area contributed by atoms with Crippen LogP contribution in [0, 0.1) is 0 Å². The molecule has 0 N–H and O–H groups in total. The molecule has 0 saturated carbocycles. The quantitative estimate of drug-likeness (QED) is 0.126. The van der Waals surface area contributed by atoms with Crippen molar-refractivity contribution in [1.29, 1.82) is 0 Å². The Balaban J connectivity index is 1.13. The molecule has 2 nitrogen and oxygen atoms in total. The monoisotopic (exact) mass is 735 g/mol. The molecule has 268 valence electrons. The largest absolute Gasteiger partial charge is 0.236 e. The summed E-state index contributed by atoms with van der Waals surface area (Å²) in [4.78, 5) is 0. The van der Waals surface area contributed by atoms with Crippen molar-refractivity contribution >= 4 is 43.2 Å². The Morgan fingerprint density at radius 1 is 0.379 bits per heavy atom. The molecule has 2 aliphatic rings. The molecule has 1 aromatic heterocycles. The van der Waals surface area contributed by atoms with Gasteiger partial charge < -0.3 is 0 Å². The van der Waals surface area contributed by atoms with E-state index >= 15 is 0 Å². The van der Waals surface area contributed by atoms with Crippen molar-refractivity contribution < 1.29 is 4.68 Å². The second-order valence-corrected chi connectivity index (χ2v) is 15.8. The first-order chi connectivity index (χ1) is 28.8. The fraction of sp³-hybridized carbons (Fsp3) is 0.0179. The van der Waals surface area contributed by atoms with E-state index in [1.165, 1.54) is 98.9 Å². The minimum atomic E-state index is -0.508. The van der Waals surface area contributed by atoms with Gasteiger partial charge in [-0.25, -0.2) is 0 Å². The molecule has 0 atom stereocenters. The zero-order valence-corrected chi connectivity index (χ0v) is 31.6. The Morgan fingerprint density at radius 3 is 1.62 bits per heavy atom. The SMILES string of the molecule is c1ccc(-[n+]2cc3ccccc3n2-c2ccc(-c3cc4c(c5ccccc35)-c3c(c5ccccc5c5ccccc35)C43c4ccccc4-c4ccccc43)cc2)cc1. The zero-order valence-electron chi connectivity index (χ0n) is 31.6. The number of hydrogen-bond acceptors (Lipinski definition) is 0. The van der Waals surface area contributed by atoms with E-state index in [0.717, 1.165) is 11.4 Å². The fourth-order valence-corrected chi connectivity index (χ4v) is 10.8. The van der Waals surface area contributed by atoms with Gasteiger partial charge in [-0.3, -0.25) is 0 Å². The summed E-state index contributed by atoms with van der Waals surface area (Å²) in [7, 11) is 0. The van der Waals surface area contributed by atoms with E-state index in [0.29, 0.717) is 0 Å². The van der Waals surface area contributed by atoms with Crippen LogP contribution in [0.5, 0.6) is 0 Å². The van der Waals surface area contributed by atoms with Crippen molar-refractivity contribution in [3.05, 3.63) is 235 Å². The average molecular weight is 736 g/mol. The number of hydrogen-bond donors (Lipinski definition) is 0. The molecule has 13 rings (SSSR count). The van der Waals surface area contributed by atoms with Crippen LogP contribution in [0.4, 0.5) is 0 Å². The van der Waals surface area contributed by atoms with E-state index in [2.05, 4.69) is 222 Å². The Labute approximate surface area is 336 Å². The summed E-state index contributed by atoms with van der Waals surface area (Å²) >= 11 is 0. The molecule has 0 fully saturated rings. The van der Waals surface area contributed by atoms with Crippen LogP contribution in [0.15, 0.2) is 212 Å². The highest BCUT2D eigenvalue weighted by Gasteiger charge is 2.53. The standard InChI is InChI=1S/C56H35N2/c1-2-17-38(18-3-1)57-35-37-16-4-15-29-52(37)58(57)39-32-30-36(31-33-39)48-34-51-53(45-24-8-6-21-42(45)48)54-46-25-9-5-19-40(46)41-20-7-10-26-47(41)55(54)56(51)49-27-13-11-22-43(49)44-23-12-14-28-50(44)56/h1-35H/q+1. The van der Waals surface area contributed by atoms with Gasteiger partial charge in [-0.2, -0.15) is 0 Å². The average Bonchev–Trinajstić information content (AvgIpc) is 3.94. The molecule has 10 aromatic carbocycles. The topological polar surface area (TPSA) is 8.81 Å². The van der Waals surface area contributed by atoms with Crippen molar-refractivity contribution in [3.63, 3.8) is 0 Å². The van der Waals surface area contributed by atoms with Crippen molar-refractivity contribution in [3.8, 4) is 44.8 Å². The zero-order chi connectivity index (χ0) is 38.0. The van der Waals surface area contributed by atoms with Crippen LogP contribution in [0.3, 0.4) is 0 Å². The number of para-hydroxylation sites is 2. The van der Waals surface area contributed by atoms with Crippen molar-refractivity contribution in [2.45, 2.75) is 5.41 Å². The Morgan fingerprint density at radius 2 is 0.914 bits per heavy atom. The summed E-state index contributed by atoms with van der Waals surface area (Å²) in [5.74, 6) is 0. The van der Waals surface area contributed by atoms with Crippen LogP contribution in [-0.4, -0.2) is 4.68 Å². The minimum absolute atomic E-state index is 0.508. The maximum absolute atomic E-state index is 2.56. The van der Waals surface area contributed by atoms with Crippen LogP contribution >= 0.6 is 0 Å². The first kappa shape index (κ1) is 31.6.